The van der Waals surface area contributed by atoms with Gasteiger partial charge in [0.15, 0.2) is 5.82 Å². The SMILES string of the molecule is c1ccc(-c2ccccc2-c2cccc(-c3cccc(-c4nc(-c5ccccc5)c5c(ccc6sc7ccccc7c65)n4)c3)c2)cc1. The van der Waals surface area contributed by atoms with Crippen LogP contribution >= 0.6 is 11.3 Å². The first-order valence-corrected chi connectivity index (χ1v) is 16.6. The maximum atomic E-state index is 5.32. The van der Waals surface area contributed by atoms with Crippen molar-refractivity contribution in [2.75, 3.05) is 0 Å². The Kier molecular flexibility index (Phi) is 6.69. The third kappa shape index (κ3) is 4.89. The molecule has 47 heavy (non-hydrogen) atoms. The summed E-state index contributed by atoms with van der Waals surface area (Å²) in [6.07, 6.45) is 0. The zero-order valence-electron chi connectivity index (χ0n) is 25.5. The maximum Gasteiger partial charge on any atom is 0.160 e. The van der Waals surface area contributed by atoms with Gasteiger partial charge in [-0.25, -0.2) is 9.97 Å². The second-order valence-corrected chi connectivity index (χ2v) is 12.8. The smallest absolute Gasteiger partial charge is 0.160 e. The Bertz CT molecular complexity index is 2570. The van der Waals surface area contributed by atoms with Crippen molar-refractivity contribution in [1.29, 1.82) is 0 Å². The van der Waals surface area contributed by atoms with Crippen LogP contribution in [-0.4, -0.2) is 9.97 Å². The molecule has 0 atom stereocenters. The van der Waals surface area contributed by atoms with Gasteiger partial charge in [-0.3, -0.25) is 0 Å². The molecule has 0 fully saturated rings. The minimum Gasteiger partial charge on any atom is -0.228 e. The van der Waals surface area contributed by atoms with Crippen LogP contribution in [0.4, 0.5) is 0 Å². The molecule has 0 N–H and O–H groups in total. The van der Waals surface area contributed by atoms with Crippen LogP contribution in [-0.2, 0) is 0 Å². The van der Waals surface area contributed by atoms with E-state index in [1.807, 2.05) is 11.3 Å². The third-order valence-corrected chi connectivity index (χ3v) is 10.0. The van der Waals surface area contributed by atoms with Crippen molar-refractivity contribution < 1.29 is 0 Å². The molecule has 7 aromatic carbocycles. The summed E-state index contributed by atoms with van der Waals surface area (Å²) >= 11 is 1.82. The highest BCUT2D eigenvalue weighted by Crippen LogP contribution is 2.42. The molecule has 0 aliphatic heterocycles. The van der Waals surface area contributed by atoms with E-state index in [2.05, 4.69) is 170 Å². The largest absolute Gasteiger partial charge is 0.228 e. The standard InChI is InChI=1S/C44H28N2S/c1-3-13-29(14-4-1)35-21-7-8-22-36(35)33-19-11-17-31(27-33)32-18-12-20-34(28-32)44-45-38-25-26-40-41(37-23-9-10-24-39(37)47-40)42(38)43(46-44)30-15-5-2-6-16-30/h1-28H. The average molecular weight is 617 g/mol. The minimum absolute atomic E-state index is 0.725. The van der Waals surface area contributed by atoms with E-state index in [-0.39, 0.29) is 0 Å². The minimum atomic E-state index is 0.725. The number of fused-ring (bicyclic) bond motifs is 5. The molecule has 0 spiro atoms. The number of hydrogen-bond donors (Lipinski definition) is 0. The number of nitrogens with zero attached hydrogens (tertiary/aromatic N) is 2. The fraction of sp³-hybridized carbons (Fsp3) is 0. The number of benzene rings is 7. The van der Waals surface area contributed by atoms with Crippen LogP contribution in [0.25, 0.3) is 87.1 Å². The molecule has 220 valence electrons. The predicted octanol–water partition coefficient (Wildman–Crippen LogP) is 12.3. The molecule has 0 unspecified atom stereocenters. The summed E-state index contributed by atoms with van der Waals surface area (Å²) in [5, 5.41) is 3.59. The first kappa shape index (κ1) is 27.4. The van der Waals surface area contributed by atoms with Gasteiger partial charge >= 0.3 is 0 Å². The van der Waals surface area contributed by atoms with Crippen molar-refractivity contribution >= 4 is 42.4 Å². The van der Waals surface area contributed by atoms with Crippen LogP contribution in [0.5, 0.6) is 0 Å². The van der Waals surface area contributed by atoms with Gasteiger partial charge in [-0.15, -0.1) is 11.3 Å². The fourth-order valence-electron chi connectivity index (χ4n) is 6.68. The van der Waals surface area contributed by atoms with Crippen LogP contribution in [0.3, 0.4) is 0 Å². The molecule has 2 heterocycles. The summed E-state index contributed by atoms with van der Waals surface area (Å²) in [6.45, 7) is 0. The maximum absolute atomic E-state index is 5.32. The van der Waals surface area contributed by atoms with Crippen molar-refractivity contribution in [1.82, 2.24) is 9.97 Å². The number of aromatic nitrogens is 2. The Morgan fingerprint density at radius 3 is 1.70 bits per heavy atom. The molecular weight excluding hydrogens is 589 g/mol. The second kappa shape index (κ2) is 11.5. The lowest BCUT2D eigenvalue weighted by Crippen LogP contribution is -1.96. The zero-order valence-corrected chi connectivity index (χ0v) is 26.3. The predicted molar refractivity (Wildman–Crippen MR) is 200 cm³/mol. The van der Waals surface area contributed by atoms with Crippen molar-refractivity contribution in [3.63, 3.8) is 0 Å². The van der Waals surface area contributed by atoms with E-state index in [1.54, 1.807) is 0 Å². The quantitative estimate of drug-likeness (QED) is 0.192. The normalized spacial score (nSPS) is 11.4. The van der Waals surface area contributed by atoms with Gasteiger partial charge < -0.3 is 0 Å². The van der Waals surface area contributed by atoms with Gasteiger partial charge in [-0.2, -0.15) is 0 Å². The molecule has 9 aromatic rings. The number of hydrogen-bond acceptors (Lipinski definition) is 3. The van der Waals surface area contributed by atoms with Gasteiger partial charge in [0, 0.05) is 36.7 Å². The molecule has 0 radical (unpaired) electrons. The fourth-order valence-corrected chi connectivity index (χ4v) is 7.80. The van der Waals surface area contributed by atoms with Gasteiger partial charge in [0.2, 0.25) is 0 Å². The molecule has 3 heteroatoms. The van der Waals surface area contributed by atoms with Crippen LogP contribution in [0.2, 0.25) is 0 Å². The highest BCUT2D eigenvalue weighted by atomic mass is 32.1. The molecule has 2 aromatic heterocycles. The van der Waals surface area contributed by atoms with Crippen molar-refractivity contribution in [2.24, 2.45) is 0 Å². The molecule has 9 rings (SSSR count). The monoisotopic (exact) mass is 616 g/mol. The topological polar surface area (TPSA) is 25.8 Å². The Labute approximate surface area is 277 Å². The van der Waals surface area contributed by atoms with Crippen LogP contribution < -0.4 is 0 Å². The molecule has 0 saturated heterocycles. The van der Waals surface area contributed by atoms with Gasteiger partial charge in [0.05, 0.1) is 11.2 Å². The van der Waals surface area contributed by atoms with E-state index >= 15 is 0 Å². The molecular formula is C44H28N2S. The molecule has 0 bridgehead atoms. The summed E-state index contributed by atoms with van der Waals surface area (Å²) in [7, 11) is 0. The van der Waals surface area contributed by atoms with E-state index in [4.69, 9.17) is 9.97 Å². The zero-order chi connectivity index (χ0) is 31.2. The van der Waals surface area contributed by atoms with Crippen molar-refractivity contribution in [2.45, 2.75) is 0 Å². The lowest BCUT2D eigenvalue weighted by atomic mass is 9.92. The highest BCUT2D eigenvalue weighted by Gasteiger charge is 2.18. The summed E-state index contributed by atoms with van der Waals surface area (Å²) in [5.74, 6) is 0.725. The first-order chi connectivity index (χ1) is 23.3. The lowest BCUT2D eigenvalue weighted by molar-refractivity contribution is 1.23. The lowest BCUT2D eigenvalue weighted by Gasteiger charge is -2.13. The first-order valence-electron chi connectivity index (χ1n) is 15.8. The third-order valence-electron chi connectivity index (χ3n) is 8.89. The summed E-state index contributed by atoms with van der Waals surface area (Å²) in [5.41, 5.74) is 11.1. The Morgan fingerprint density at radius 1 is 0.362 bits per heavy atom. The Morgan fingerprint density at radius 2 is 0.936 bits per heavy atom. The van der Waals surface area contributed by atoms with E-state index in [9.17, 15) is 0 Å². The summed E-state index contributed by atoms with van der Waals surface area (Å²) in [4.78, 5) is 10.5. The molecule has 2 nitrogen and oxygen atoms in total. The van der Waals surface area contributed by atoms with Gasteiger partial charge in [-0.05, 0) is 63.7 Å². The number of thiophene rings is 1. The van der Waals surface area contributed by atoms with Gasteiger partial charge in [0.25, 0.3) is 0 Å². The molecule has 0 aliphatic rings. The summed E-state index contributed by atoms with van der Waals surface area (Å²) in [6, 6.07) is 60.2. The molecule has 0 aliphatic carbocycles. The van der Waals surface area contributed by atoms with E-state index in [0.717, 1.165) is 44.7 Å². The Balaban J connectivity index is 1.19. The summed E-state index contributed by atoms with van der Waals surface area (Å²) < 4.78 is 2.53. The molecule has 0 saturated carbocycles. The second-order valence-electron chi connectivity index (χ2n) is 11.8. The Hall–Kier alpha value is -5.90. The van der Waals surface area contributed by atoms with E-state index < -0.39 is 0 Å². The van der Waals surface area contributed by atoms with Crippen molar-refractivity contribution in [3.8, 4) is 56.0 Å². The molecule has 0 amide bonds. The van der Waals surface area contributed by atoms with Crippen LogP contribution in [0.1, 0.15) is 0 Å². The van der Waals surface area contributed by atoms with E-state index in [0.29, 0.717) is 0 Å². The van der Waals surface area contributed by atoms with Gasteiger partial charge in [-0.1, -0.05) is 140 Å². The van der Waals surface area contributed by atoms with Gasteiger partial charge in [0.1, 0.15) is 0 Å². The van der Waals surface area contributed by atoms with Crippen LogP contribution in [0, 0.1) is 0 Å². The highest BCUT2D eigenvalue weighted by molar-refractivity contribution is 7.26. The van der Waals surface area contributed by atoms with E-state index in [1.165, 1.54) is 42.4 Å². The van der Waals surface area contributed by atoms with Crippen LogP contribution in [0.15, 0.2) is 170 Å². The van der Waals surface area contributed by atoms with Crippen molar-refractivity contribution in [3.05, 3.63) is 170 Å². The average Bonchev–Trinajstić information content (AvgIpc) is 3.54. The number of rotatable bonds is 5.